The molecule has 27 heavy (non-hydrogen) atoms. The van der Waals surface area contributed by atoms with E-state index in [9.17, 15) is 13.2 Å². The van der Waals surface area contributed by atoms with Gasteiger partial charge >= 0.3 is 0 Å². The number of halogens is 1. The van der Waals surface area contributed by atoms with Crippen LogP contribution in [0.15, 0.2) is 4.99 Å². The number of piperidine rings is 1. The number of nitrogens with one attached hydrogen (secondary N) is 2. The molecule has 0 aliphatic carbocycles. The number of hydrogen-bond donors (Lipinski definition) is 2. The number of aliphatic imine (C=N–C) groups is 1. The molecule has 1 spiro atoms. The van der Waals surface area contributed by atoms with Crippen LogP contribution in [0.5, 0.6) is 0 Å². The molecule has 0 saturated carbocycles. The summed E-state index contributed by atoms with van der Waals surface area (Å²) < 4.78 is 25.4. The number of amides is 1. The smallest absolute Gasteiger partial charge is 0.220 e. The van der Waals surface area contributed by atoms with Crippen LogP contribution in [-0.2, 0) is 14.8 Å². The third-order valence-electron chi connectivity index (χ3n) is 5.69. The molecular weight excluding hydrogens is 481 g/mol. The minimum Gasteiger partial charge on any atom is -0.357 e. The topological polar surface area (TPSA) is 94.1 Å². The third-order valence-corrected chi connectivity index (χ3v) is 7.03. The first kappa shape index (κ1) is 22.7. The summed E-state index contributed by atoms with van der Waals surface area (Å²) in [7, 11) is -3.18. The SMILES string of the molecule is CCNC(=NC[C@H]1CCCN1S(C)(=O)=O)N1CCCC2(CNC(=O)C2)C1.I. The summed E-state index contributed by atoms with van der Waals surface area (Å²) in [6, 6.07) is -0.0490. The van der Waals surface area contributed by atoms with Crippen LogP contribution in [0.3, 0.4) is 0 Å². The molecule has 10 heteroatoms. The number of nitrogens with zero attached hydrogens (tertiary/aromatic N) is 3. The summed E-state index contributed by atoms with van der Waals surface area (Å²) in [5, 5.41) is 6.32. The zero-order chi connectivity index (χ0) is 18.8. The van der Waals surface area contributed by atoms with Gasteiger partial charge in [-0.2, -0.15) is 4.31 Å². The highest BCUT2D eigenvalue weighted by atomic mass is 127. The number of likely N-dealkylation sites (tertiary alicyclic amines) is 1. The van der Waals surface area contributed by atoms with Gasteiger partial charge in [0.1, 0.15) is 0 Å². The van der Waals surface area contributed by atoms with E-state index in [1.54, 1.807) is 4.31 Å². The Balaban J connectivity index is 0.00000261. The average Bonchev–Trinajstić information content (AvgIpc) is 3.18. The lowest BCUT2D eigenvalue weighted by Crippen LogP contribution is -2.51. The molecule has 0 aromatic heterocycles. The van der Waals surface area contributed by atoms with Gasteiger partial charge in [0.05, 0.1) is 12.8 Å². The predicted molar refractivity (Wildman–Crippen MR) is 117 cm³/mol. The van der Waals surface area contributed by atoms with Crippen molar-refractivity contribution >= 4 is 45.9 Å². The van der Waals surface area contributed by atoms with E-state index in [2.05, 4.69) is 15.5 Å². The van der Waals surface area contributed by atoms with Crippen LogP contribution in [0.25, 0.3) is 0 Å². The number of sulfonamides is 1. The third kappa shape index (κ3) is 5.47. The Morgan fingerprint density at radius 2 is 2.15 bits per heavy atom. The molecule has 1 amide bonds. The van der Waals surface area contributed by atoms with E-state index in [0.29, 0.717) is 19.5 Å². The van der Waals surface area contributed by atoms with E-state index < -0.39 is 10.0 Å². The lowest BCUT2D eigenvalue weighted by molar-refractivity contribution is -0.119. The van der Waals surface area contributed by atoms with Crippen molar-refractivity contribution in [1.82, 2.24) is 19.8 Å². The van der Waals surface area contributed by atoms with Gasteiger partial charge in [0.15, 0.2) is 5.96 Å². The fourth-order valence-electron chi connectivity index (χ4n) is 4.47. The van der Waals surface area contributed by atoms with Crippen LogP contribution in [0.1, 0.15) is 39.0 Å². The maximum Gasteiger partial charge on any atom is 0.220 e. The van der Waals surface area contributed by atoms with Crippen molar-refractivity contribution in [3.05, 3.63) is 0 Å². The lowest BCUT2D eigenvalue weighted by Gasteiger charge is -2.41. The monoisotopic (exact) mass is 513 g/mol. The van der Waals surface area contributed by atoms with Crippen molar-refractivity contribution in [3.63, 3.8) is 0 Å². The molecule has 2 N–H and O–H groups in total. The van der Waals surface area contributed by atoms with E-state index in [1.807, 2.05) is 6.92 Å². The molecule has 8 nitrogen and oxygen atoms in total. The average molecular weight is 513 g/mol. The summed E-state index contributed by atoms with van der Waals surface area (Å²) >= 11 is 0. The highest BCUT2D eigenvalue weighted by Gasteiger charge is 2.42. The van der Waals surface area contributed by atoms with E-state index in [1.165, 1.54) is 6.26 Å². The Morgan fingerprint density at radius 1 is 1.37 bits per heavy atom. The van der Waals surface area contributed by atoms with Crippen molar-refractivity contribution < 1.29 is 13.2 Å². The molecule has 0 radical (unpaired) electrons. The van der Waals surface area contributed by atoms with Gasteiger partial charge in [-0.15, -0.1) is 24.0 Å². The molecule has 3 heterocycles. The van der Waals surface area contributed by atoms with E-state index in [0.717, 1.165) is 57.8 Å². The summed E-state index contributed by atoms with van der Waals surface area (Å²) in [4.78, 5) is 18.7. The van der Waals surface area contributed by atoms with Gasteiger partial charge in [0.25, 0.3) is 0 Å². The molecule has 3 saturated heterocycles. The molecule has 2 atom stereocenters. The lowest BCUT2D eigenvalue weighted by atomic mass is 9.79. The molecule has 3 aliphatic rings. The predicted octanol–water partition coefficient (Wildman–Crippen LogP) is 0.596. The second-order valence-corrected chi connectivity index (χ2v) is 9.78. The van der Waals surface area contributed by atoms with Gasteiger partial charge in [-0.3, -0.25) is 9.79 Å². The standard InChI is InChI=1S/C17H31N5O3S.HI/c1-3-18-16(19-11-14-6-4-9-22(14)26(2,24)25)21-8-5-7-17(13-21)10-15(23)20-12-17;/h14H,3-13H2,1-2H3,(H,18,19)(H,20,23);1H/t14-,17?;/m1./s1. The Morgan fingerprint density at radius 3 is 2.78 bits per heavy atom. The number of rotatable bonds is 4. The second-order valence-electron chi connectivity index (χ2n) is 7.84. The molecule has 3 fully saturated rings. The Labute approximate surface area is 179 Å². The van der Waals surface area contributed by atoms with Crippen LogP contribution >= 0.6 is 24.0 Å². The first-order chi connectivity index (χ1) is 12.3. The summed E-state index contributed by atoms with van der Waals surface area (Å²) in [6.45, 7) is 6.35. The van der Waals surface area contributed by atoms with Gasteiger partial charge in [0, 0.05) is 50.6 Å². The quantitative estimate of drug-likeness (QED) is 0.326. The van der Waals surface area contributed by atoms with Crippen LogP contribution in [0.4, 0.5) is 0 Å². The normalized spacial score (nSPS) is 29.7. The van der Waals surface area contributed by atoms with Crippen LogP contribution < -0.4 is 10.6 Å². The summed E-state index contributed by atoms with van der Waals surface area (Å²) in [6.07, 6.45) is 5.72. The van der Waals surface area contributed by atoms with E-state index in [-0.39, 0.29) is 41.3 Å². The largest absolute Gasteiger partial charge is 0.357 e. The molecule has 0 aromatic carbocycles. The van der Waals surface area contributed by atoms with Crippen molar-refractivity contribution in [1.29, 1.82) is 0 Å². The molecule has 1 unspecified atom stereocenters. The number of guanidine groups is 1. The molecule has 0 aromatic rings. The van der Waals surface area contributed by atoms with Gasteiger partial charge in [-0.25, -0.2) is 8.42 Å². The molecule has 156 valence electrons. The first-order valence-electron chi connectivity index (χ1n) is 9.60. The molecule has 3 rings (SSSR count). The van der Waals surface area contributed by atoms with E-state index >= 15 is 0 Å². The number of hydrogen-bond acceptors (Lipinski definition) is 4. The maximum absolute atomic E-state index is 11.9. The van der Waals surface area contributed by atoms with Gasteiger partial charge < -0.3 is 15.5 Å². The van der Waals surface area contributed by atoms with E-state index in [4.69, 9.17) is 4.99 Å². The zero-order valence-corrected chi connectivity index (χ0v) is 19.4. The molecule has 0 bridgehead atoms. The fraction of sp³-hybridized carbons (Fsp3) is 0.882. The van der Waals surface area contributed by atoms with Gasteiger partial charge in [-0.05, 0) is 32.6 Å². The minimum atomic E-state index is -3.18. The number of carbonyl (C=O) groups is 1. The van der Waals surface area contributed by atoms with Crippen LogP contribution in [0.2, 0.25) is 0 Å². The highest BCUT2D eigenvalue weighted by molar-refractivity contribution is 14.0. The van der Waals surface area contributed by atoms with Crippen LogP contribution in [0, 0.1) is 5.41 Å². The first-order valence-corrected chi connectivity index (χ1v) is 11.4. The van der Waals surface area contributed by atoms with Crippen molar-refractivity contribution in [2.75, 3.05) is 45.5 Å². The Bertz CT molecular complexity index is 671. The second kappa shape index (κ2) is 9.25. The Kier molecular flexibility index (Phi) is 7.77. The van der Waals surface area contributed by atoms with Gasteiger partial charge in [-0.1, -0.05) is 0 Å². The fourth-order valence-corrected chi connectivity index (χ4v) is 5.65. The van der Waals surface area contributed by atoms with Crippen molar-refractivity contribution in [2.24, 2.45) is 10.4 Å². The molecule has 3 aliphatic heterocycles. The summed E-state index contributed by atoms with van der Waals surface area (Å²) in [5.74, 6) is 0.981. The molecular formula is C17H32IN5O3S. The number of carbonyl (C=O) groups excluding carboxylic acids is 1. The summed E-state index contributed by atoms with van der Waals surface area (Å²) in [5.41, 5.74) is 0.0116. The van der Waals surface area contributed by atoms with Gasteiger partial charge in [0.2, 0.25) is 15.9 Å². The van der Waals surface area contributed by atoms with Crippen LogP contribution in [-0.4, -0.2) is 81.1 Å². The van der Waals surface area contributed by atoms with Crippen molar-refractivity contribution in [2.45, 2.75) is 45.1 Å². The maximum atomic E-state index is 11.9. The Hall–Kier alpha value is -0.620. The highest BCUT2D eigenvalue weighted by Crippen LogP contribution is 2.36. The van der Waals surface area contributed by atoms with Crippen molar-refractivity contribution in [3.8, 4) is 0 Å². The zero-order valence-electron chi connectivity index (χ0n) is 16.2. The minimum absolute atomic E-state index is 0.